The van der Waals surface area contributed by atoms with Gasteiger partial charge in [-0.15, -0.1) is 0 Å². The highest BCUT2D eigenvalue weighted by Gasteiger charge is 2.39. The Kier molecular flexibility index (Phi) is 4.17. The van der Waals surface area contributed by atoms with Crippen LogP contribution in [-0.4, -0.2) is 19.6 Å². The van der Waals surface area contributed by atoms with E-state index in [2.05, 4.69) is 0 Å². The van der Waals surface area contributed by atoms with Gasteiger partial charge in [0.25, 0.3) is 0 Å². The zero-order valence-corrected chi connectivity index (χ0v) is 15.6. The first-order valence-electron chi connectivity index (χ1n) is 8.13. The number of fused-ring (bicyclic) bond motifs is 1. The molecule has 0 fully saturated rings. The third-order valence-corrected chi connectivity index (χ3v) is 7.29. The van der Waals surface area contributed by atoms with Gasteiger partial charge in [0, 0.05) is 6.42 Å². The first-order chi connectivity index (χ1) is 12.5. The predicted octanol–water partition coefficient (Wildman–Crippen LogP) is 4.03. The Morgan fingerprint density at radius 1 is 1.12 bits per heavy atom. The summed E-state index contributed by atoms with van der Waals surface area (Å²) < 4.78 is 31.4. The Morgan fingerprint density at radius 2 is 1.92 bits per heavy atom. The molecule has 1 aromatic heterocycles. The third kappa shape index (κ3) is 2.85. The summed E-state index contributed by atoms with van der Waals surface area (Å²) in [5.74, 6) is -0.281. The van der Waals surface area contributed by atoms with E-state index in [1.807, 2.05) is 29.8 Å². The number of esters is 1. The molecule has 0 N–H and O–H groups in total. The standard InChI is InChI=1S/C20H16O4S2/c1-13-10-16(6-7-17(13)15-8-9-25-12-15)26(22,23)19-11-14-4-2-3-5-18(14)24-20(19)21/h2-10,12,19H,11H2,1H3. The first kappa shape index (κ1) is 17.0. The molecule has 0 saturated carbocycles. The summed E-state index contributed by atoms with van der Waals surface area (Å²) in [5.41, 5.74) is 3.63. The molecule has 0 saturated heterocycles. The van der Waals surface area contributed by atoms with E-state index < -0.39 is 21.1 Å². The molecule has 2 aromatic carbocycles. The maximum atomic E-state index is 13.1. The highest BCUT2D eigenvalue weighted by atomic mass is 32.2. The molecular formula is C20H16O4S2. The van der Waals surface area contributed by atoms with Crippen LogP contribution in [0.5, 0.6) is 5.75 Å². The average molecular weight is 384 g/mol. The van der Waals surface area contributed by atoms with Crippen LogP contribution in [0.1, 0.15) is 11.1 Å². The van der Waals surface area contributed by atoms with Crippen molar-refractivity contribution in [2.75, 3.05) is 0 Å². The number of thiophene rings is 1. The lowest BCUT2D eigenvalue weighted by molar-refractivity contribution is -0.134. The van der Waals surface area contributed by atoms with Crippen LogP contribution < -0.4 is 4.74 Å². The molecule has 1 unspecified atom stereocenters. The van der Waals surface area contributed by atoms with E-state index in [0.717, 1.165) is 22.3 Å². The number of ether oxygens (including phenoxy) is 1. The van der Waals surface area contributed by atoms with E-state index in [1.165, 1.54) is 0 Å². The molecule has 132 valence electrons. The van der Waals surface area contributed by atoms with E-state index in [0.29, 0.717) is 5.75 Å². The van der Waals surface area contributed by atoms with Crippen molar-refractivity contribution in [2.45, 2.75) is 23.5 Å². The van der Waals surface area contributed by atoms with E-state index in [1.54, 1.807) is 47.7 Å². The number of carbonyl (C=O) groups excluding carboxylic acids is 1. The minimum atomic E-state index is -3.83. The van der Waals surface area contributed by atoms with Gasteiger partial charge in [-0.1, -0.05) is 24.3 Å². The zero-order valence-electron chi connectivity index (χ0n) is 14.0. The molecular weight excluding hydrogens is 368 g/mol. The number of hydrogen-bond donors (Lipinski definition) is 0. The van der Waals surface area contributed by atoms with Crippen molar-refractivity contribution in [1.29, 1.82) is 0 Å². The van der Waals surface area contributed by atoms with Crippen molar-refractivity contribution >= 4 is 27.1 Å². The molecule has 3 aromatic rings. The molecule has 0 spiro atoms. The number of para-hydroxylation sites is 1. The first-order valence-corrected chi connectivity index (χ1v) is 10.6. The van der Waals surface area contributed by atoms with Crippen molar-refractivity contribution in [3.63, 3.8) is 0 Å². The Bertz CT molecular complexity index is 1080. The van der Waals surface area contributed by atoms with Gasteiger partial charge < -0.3 is 4.74 Å². The van der Waals surface area contributed by atoms with Crippen molar-refractivity contribution in [3.05, 3.63) is 70.4 Å². The predicted molar refractivity (Wildman–Crippen MR) is 101 cm³/mol. The lowest BCUT2D eigenvalue weighted by atomic mass is 10.0. The normalized spacial score (nSPS) is 16.8. The zero-order chi connectivity index (χ0) is 18.3. The van der Waals surface area contributed by atoms with Gasteiger partial charge in [0.15, 0.2) is 15.1 Å². The SMILES string of the molecule is Cc1cc(S(=O)(=O)C2Cc3ccccc3OC2=O)ccc1-c1ccsc1. The fourth-order valence-corrected chi connectivity index (χ4v) is 5.47. The summed E-state index contributed by atoms with van der Waals surface area (Å²) in [6, 6.07) is 14.0. The Morgan fingerprint density at radius 3 is 2.65 bits per heavy atom. The molecule has 0 amide bonds. The second-order valence-electron chi connectivity index (χ2n) is 6.26. The summed E-state index contributed by atoms with van der Waals surface area (Å²) in [7, 11) is -3.83. The topological polar surface area (TPSA) is 60.4 Å². The minimum Gasteiger partial charge on any atom is -0.425 e. The van der Waals surface area contributed by atoms with Crippen LogP contribution in [0.2, 0.25) is 0 Å². The smallest absolute Gasteiger partial charge is 0.330 e. The van der Waals surface area contributed by atoms with Crippen molar-refractivity contribution in [2.24, 2.45) is 0 Å². The van der Waals surface area contributed by atoms with Gasteiger partial charge in [0.1, 0.15) is 5.75 Å². The van der Waals surface area contributed by atoms with Gasteiger partial charge in [0.05, 0.1) is 4.90 Å². The Hall–Kier alpha value is -2.44. The van der Waals surface area contributed by atoms with Gasteiger partial charge >= 0.3 is 5.97 Å². The number of aryl methyl sites for hydroxylation is 1. The van der Waals surface area contributed by atoms with Crippen molar-refractivity contribution in [3.8, 4) is 16.9 Å². The lowest BCUT2D eigenvalue weighted by Crippen LogP contribution is -2.39. The molecule has 1 aliphatic rings. The van der Waals surface area contributed by atoms with Crippen LogP contribution >= 0.6 is 11.3 Å². The molecule has 0 bridgehead atoms. The summed E-state index contributed by atoms with van der Waals surface area (Å²) >= 11 is 1.59. The third-order valence-electron chi connectivity index (χ3n) is 4.58. The van der Waals surface area contributed by atoms with Crippen molar-refractivity contribution < 1.29 is 17.9 Å². The van der Waals surface area contributed by atoms with Crippen LogP contribution in [0.3, 0.4) is 0 Å². The molecule has 6 heteroatoms. The monoisotopic (exact) mass is 384 g/mol. The highest BCUT2D eigenvalue weighted by Crippen LogP contribution is 2.32. The number of hydrogen-bond acceptors (Lipinski definition) is 5. The fourth-order valence-electron chi connectivity index (χ4n) is 3.18. The van der Waals surface area contributed by atoms with Gasteiger partial charge in [-0.3, -0.25) is 4.79 Å². The van der Waals surface area contributed by atoms with Crippen molar-refractivity contribution in [1.82, 2.24) is 0 Å². The van der Waals surface area contributed by atoms with E-state index >= 15 is 0 Å². The second kappa shape index (κ2) is 6.37. The van der Waals surface area contributed by atoms with Gasteiger partial charge in [-0.2, -0.15) is 11.3 Å². The number of rotatable bonds is 3. The van der Waals surface area contributed by atoms with E-state index in [4.69, 9.17) is 4.74 Å². The maximum absolute atomic E-state index is 13.1. The van der Waals surface area contributed by atoms with E-state index in [-0.39, 0.29) is 11.3 Å². The summed E-state index contributed by atoms with van der Waals surface area (Å²) in [6.07, 6.45) is 0.128. The average Bonchev–Trinajstić information content (AvgIpc) is 3.15. The summed E-state index contributed by atoms with van der Waals surface area (Å²) in [6.45, 7) is 1.88. The van der Waals surface area contributed by atoms with Gasteiger partial charge in [-0.05, 0) is 64.2 Å². The minimum absolute atomic E-state index is 0.128. The molecule has 1 aliphatic heterocycles. The van der Waals surface area contributed by atoms with Gasteiger partial charge in [-0.25, -0.2) is 8.42 Å². The van der Waals surface area contributed by atoms with Gasteiger partial charge in [0.2, 0.25) is 0 Å². The van der Waals surface area contributed by atoms with Crippen LogP contribution in [0.25, 0.3) is 11.1 Å². The molecule has 0 aliphatic carbocycles. The molecule has 1 atom stereocenters. The number of carbonyl (C=O) groups is 1. The fraction of sp³-hybridized carbons (Fsp3) is 0.150. The molecule has 26 heavy (non-hydrogen) atoms. The quantitative estimate of drug-likeness (QED) is 0.505. The Balaban J connectivity index is 1.71. The second-order valence-corrected chi connectivity index (χ2v) is 9.17. The molecule has 0 radical (unpaired) electrons. The van der Waals surface area contributed by atoms with Crippen LogP contribution in [-0.2, 0) is 21.1 Å². The Labute approximate surface area is 156 Å². The number of benzene rings is 2. The highest BCUT2D eigenvalue weighted by molar-refractivity contribution is 7.92. The summed E-state index contributed by atoms with van der Waals surface area (Å²) in [5, 5.41) is 2.78. The molecule has 2 heterocycles. The molecule has 4 rings (SSSR count). The molecule has 4 nitrogen and oxygen atoms in total. The maximum Gasteiger partial charge on any atom is 0.330 e. The largest absolute Gasteiger partial charge is 0.425 e. The lowest BCUT2D eigenvalue weighted by Gasteiger charge is -2.23. The summed E-state index contributed by atoms with van der Waals surface area (Å²) in [4.78, 5) is 12.5. The van der Waals surface area contributed by atoms with Crippen LogP contribution in [0, 0.1) is 6.92 Å². The van der Waals surface area contributed by atoms with Crippen LogP contribution in [0.4, 0.5) is 0 Å². The van der Waals surface area contributed by atoms with Crippen LogP contribution in [0.15, 0.2) is 64.2 Å². The van der Waals surface area contributed by atoms with E-state index in [9.17, 15) is 13.2 Å². The number of sulfone groups is 1.